The van der Waals surface area contributed by atoms with Crippen molar-refractivity contribution in [2.45, 2.75) is 12.5 Å². The minimum absolute atomic E-state index is 0.201. The van der Waals surface area contributed by atoms with E-state index in [9.17, 15) is 9.90 Å². The Morgan fingerprint density at radius 2 is 1.81 bits per heavy atom. The highest BCUT2D eigenvalue weighted by molar-refractivity contribution is 5.73. The SMILES string of the molecule is COc1ccc(C(O)CN(C)C(=O)NCCc2ccccc2OC)cc1. The van der Waals surface area contributed by atoms with Crippen LogP contribution < -0.4 is 14.8 Å². The normalized spacial score (nSPS) is 11.5. The Kier molecular flexibility index (Phi) is 7.29. The van der Waals surface area contributed by atoms with Crippen LogP contribution in [0.2, 0.25) is 0 Å². The summed E-state index contributed by atoms with van der Waals surface area (Å²) in [5.74, 6) is 1.54. The fourth-order valence-electron chi connectivity index (χ4n) is 2.62. The zero-order valence-corrected chi connectivity index (χ0v) is 15.4. The zero-order valence-electron chi connectivity index (χ0n) is 15.4. The molecule has 0 radical (unpaired) electrons. The molecule has 0 spiro atoms. The fraction of sp³-hybridized carbons (Fsp3) is 0.350. The third kappa shape index (κ3) is 5.39. The molecule has 2 rings (SSSR count). The summed E-state index contributed by atoms with van der Waals surface area (Å²) < 4.78 is 10.4. The van der Waals surface area contributed by atoms with Gasteiger partial charge in [-0.05, 0) is 35.7 Å². The van der Waals surface area contributed by atoms with Gasteiger partial charge in [-0.25, -0.2) is 4.79 Å². The lowest BCUT2D eigenvalue weighted by atomic mass is 10.1. The van der Waals surface area contributed by atoms with Crippen LogP contribution in [0, 0.1) is 0 Å². The summed E-state index contributed by atoms with van der Waals surface area (Å²) in [5.41, 5.74) is 1.77. The first kappa shape index (κ1) is 19.6. The van der Waals surface area contributed by atoms with Crippen LogP contribution in [0.15, 0.2) is 48.5 Å². The van der Waals surface area contributed by atoms with Crippen molar-refractivity contribution in [1.29, 1.82) is 0 Å². The molecule has 0 saturated carbocycles. The first-order chi connectivity index (χ1) is 12.5. The summed E-state index contributed by atoms with van der Waals surface area (Å²) in [6.07, 6.45) is -0.0872. The summed E-state index contributed by atoms with van der Waals surface area (Å²) in [4.78, 5) is 13.7. The Morgan fingerprint density at radius 1 is 1.12 bits per heavy atom. The lowest BCUT2D eigenvalue weighted by molar-refractivity contribution is 0.131. The monoisotopic (exact) mass is 358 g/mol. The summed E-state index contributed by atoms with van der Waals surface area (Å²) in [5, 5.41) is 13.2. The van der Waals surface area contributed by atoms with Crippen molar-refractivity contribution in [3.05, 3.63) is 59.7 Å². The highest BCUT2D eigenvalue weighted by Crippen LogP contribution is 2.19. The molecule has 0 aliphatic rings. The molecule has 2 amide bonds. The first-order valence-electron chi connectivity index (χ1n) is 8.48. The number of likely N-dealkylation sites (N-methyl/N-ethyl adjacent to an activating group) is 1. The average molecular weight is 358 g/mol. The van der Waals surface area contributed by atoms with E-state index in [2.05, 4.69) is 5.32 Å². The van der Waals surface area contributed by atoms with Gasteiger partial charge in [-0.1, -0.05) is 30.3 Å². The summed E-state index contributed by atoms with van der Waals surface area (Å²) in [7, 11) is 4.88. The van der Waals surface area contributed by atoms with Crippen molar-refractivity contribution >= 4 is 6.03 Å². The second-order valence-electron chi connectivity index (χ2n) is 5.96. The van der Waals surface area contributed by atoms with Gasteiger partial charge in [-0.15, -0.1) is 0 Å². The van der Waals surface area contributed by atoms with Crippen LogP contribution in [0.1, 0.15) is 17.2 Å². The number of para-hydroxylation sites is 1. The van der Waals surface area contributed by atoms with Crippen molar-refractivity contribution in [2.24, 2.45) is 0 Å². The van der Waals surface area contributed by atoms with E-state index in [-0.39, 0.29) is 12.6 Å². The Morgan fingerprint density at radius 3 is 2.46 bits per heavy atom. The Labute approximate surface area is 154 Å². The summed E-state index contributed by atoms with van der Waals surface area (Å²) >= 11 is 0. The van der Waals surface area contributed by atoms with Gasteiger partial charge in [-0.2, -0.15) is 0 Å². The highest BCUT2D eigenvalue weighted by Gasteiger charge is 2.15. The van der Waals surface area contributed by atoms with Crippen molar-refractivity contribution in [1.82, 2.24) is 10.2 Å². The number of benzene rings is 2. The third-order valence-corrected chi connectivity index (χ3v) is 4.16. The molecule has 1 atom stereocenters. The molecule has 140 valence electrons. The van der Waals surface area contributed by atoms with Crippen LogP contribution in [-0.4, -0.2) is 50.4 Å². The Bertz CT molecular complexity index is 703. The molecule has 6 heteroatoms. The number of nitrogens with zero attached hydrogens (tertiary/aromatic N) is 1. The van der Waals surface area contributed by atoms with Crippen LogP contribution >= 0.6 is 0 Å². The number of rotatable bonds is 8. The second-order valence-corrected chi connectivity index (χ2v) is 5.96. The Hall–Kier alpha value is -2.73. The van der Waals surface area contributed by atoms with E-state index >= 15 is 0 Å². The summed E-state index contributed by atoms with van der Waals surface area (Å²) in [6.45, 7) is 0.689. The van der Waals surface area contributed by atoms with Crippen molar-refractivity contribution in [3.8, 4) is 11.5 Å². The van der Waals surface area contributed by atoms with E-state index in [1.165, 1.54) is 4.90 Å². The largest absolute Gasteiger partial charge is 0.497 e. The number of carbonyl (C=O) groups excluding carboxylic acids is 1. The van der Waals surface area contributed by atoms with Crippen LogP contribution in [0.5, 0.6) is 11.5 Å². The van der Waals surface area contributed by atoms with E-state index in [1.54, 1.807) is 45.5 Å². The van der Waals surface area contributed by atoms with Crippen LogP contribution in [0.4, 0.5) is 4.79 Å². The number of hydrogen-bond acceptors (Lipinski definition) is 4. The van der Waals surface area contributed by atoms with Crippen molar-refractivity contribution in [3.63, 3.8) is 0 Å². The van der Waals surface area contributed by atoms with E-state index < -0.39 is 6.10 Å². The zero-order chi connectivity index (χ0) is 18.9. The standard InChI is InChI=1S/C20H26N2O4/c1-22(14-18(23)15-8-10-17(25-2)11-9-15)20(24)21-13-12-16-6-4-5-7-19(16)26-3/h4-11,18,23H,12-14H2,1-3H3,(H,21,24). The molecular weight excluding hydrogens is 332 g/mol. The second kappa shape index (κ2) is 9.68. The van der Waals surface area contributed by atoms with E-state index in [4.69, 9.17) is 9.47 Å². The van der Waals surface area contributed by atoms with Gasteiger partial charge in [0.25, 0.3) is 0 Å². The van der Waals surface area contributed by atoms with Crippen LogP contribution in [0.3, 0.4) is 0 Å². The molecule has 0 aliphatic carbocycles. The fourth-order valence-corrected chi connectivity index (χ4v) is 2.62. The average Bonchev–Trinajstić information content (AvgIpc) is 2.68. The number of aliphatic hydroxyl groups excluding tert-OH is 1. The van der Waals surface area contributed by atoms with Gasteiger partial charge < -0.3 is 24.8 Å². The third-order valence-electron chi connectivity index (χ3n) is 4.16. The molecule has 1 unspecified atom stereocenters. The lowest BCUT2D eigenvalue weighted by Crippen LogP contribution is -2.40. The Balaban J connectivity index is 1.81. The molecule has 0 fully saturated rings. The number of urea groups is 1. The van der Waals surface area contributed by atoms with Gasteiger partial charge in [0.05, 0.1) is 26.9 Å². The number of methoxy groups -OCH3 is 2. The van der Waals surface area contributed by atoms with E-state index in [0.717, 1.165) is 22.6 Å². The van der Waals surface area contributed by atoms with Gasteiger partial charge in [0.1, 0.15) is 11.5 Å². The quantitative estimate of drug-likeness (QED) is 0.761. The minimum atomic E-state index is -0.758. The highest BCUT2D eigenvalue weighted by atomic mass is 16.5. The lowest BCUT2D eigenvalue weighted by Gasteiger charge is -2.22. The topological polar surface area (TPSA) is 71.0 Å². The number of hydrogen-bond donors (Lipinski definition) is 2. The molecule has 2 aromatic rings. The minimum Gasteiger partial charge on any atom is -0.497 e. The molecule has 2 N–H and O–H groups in total. The van der Waals surface area contributed by atoms with Gasteiger partial charge >= 0.3 is 6.03 Å². The number of ether oxygens (including phenoxy) is 2. The maximum absolute atomic E-state index is 12.2. The molecule has 6 nitrogen and oxygen atoms in total. The molecule has 2 aromatic carbocycles. The number of amides is 2. The molecule has 0 aliphatic heterocycles. The molecule has 0 aromatic heterocycles. The molecule has 0 saturated heterocycles. The first-order valence-corrected chi connectivity index (χ1v) is 8.48. The van der Waals surface area contributed by atoms with Crippen molar-refractivity contribution < 1.29 is 19.4 Å². The molecular formula is C20H26N2O4. The molecule has 26 heavy (non-hydrogen) atoms. The van der Waals surface area contributed by atoms with Crippen LogP contribution in [-0.2, 0) is 6.42 Å². The van der Waals surface area contributed by atoms with Gasteiger partial charge in [0, 0.05) is 13.6 Å². The number of nitrogens with one attached hydrogen (secondary N) is 1. The van der Waals surface area contributed by atoms with Crippen LogP contribution in [0.25, 0.3) is 0 Å². The maximum Gasteiger partial charge on any atom is 0.317 e. The van der Waals surface area contributed by atoms with E-state index in [0.29, 0.717) is 13.0 Å². The predicted molar refractivity (Wildman–Crippen MR) is 101 cm³/mol. The van der Waals surface area contributed by atoms with Gasteiger partial charge in [0.2, 0.25) is 0 Å². The molecule has 0 heterocycles. The van der Waals surface area contributed by atoms with Gasteiger partial charge in [-0.3, -0.25) is 0 Å². The smallest absolute Gasteiger partial charge is 0.317 e. The summed E-state index contributed by atoms with van der Waals surface area (Å²) in [6, 6.07) is 14.6. The predicted octanol–water partition coefficient (Wildman–Crippen LogP) is 2.62. The van der Waals surface area contributed by atoms with Gasteiger partial charge in [0.15, 0.2) is 0 Å². The number of aliphatic hydroxyl groups is 1. The number of carbonyl (C=O) groups is 1. The maximum atomic E-state index is 12.2. The van der Waals surface area contributed by atoms with E-state index in [1.807, 2.05) is 24.3 Å². The van der Waals surface area contributed by atoms with Crippen molar-refractivity contribution in [2.75, 3.05) is 34.4 Å². The molecule has 0 bridgehead atoms.